The summed E-state index contributed by atoms with van der Waals surface area (Å²) in [5.41, 5.74) is 2.21. The monoisotopic (exact) mass is 354 g/mol. The molecule has 0 spiro atoms. The number of aliphatic hydroxyl groups is 1. The molecule has 1 atom stereocenters. The highest BCUT2D eigenvalue weighted by molar-refractivity contribution is 5.94. The quantitative estimate of drug-likeness (QED) is 0.701. The number of carbonyl (C=O) groups excluding carboxylic acids is 1. The minimum absolute atomic E-state index is 0.0963. The predicted molar refractivity (Wildman–Crippen MR) is 102 cm³/mol. The Balaban J connectivity index is 2.25. The smallest absolute Gasteiger partial charge is 0.254 e. The van der Waals surface area contributed by atoms with Crippen molar-refractivity contribution >= 4 is 5.91 Å². The molecule has 0 aliphatic rings. The Morgan fingerprint density at radius 1 is 1.31 bits per heavy atom. The van der Waals surface area contributed by atoms with Gasteiger partial charge in [0, 0.05) is 11.8 Å². The van der Waals surface area contributed by atoms with E-state index < -0.39 is 0 Å². The third-order valence-electron chi connectivity index (χ3n) is 4.01. The summed E-state index contributed by atoms with van der Waals surface area (Å²) < 4.78 is 5.64. The Labute approximate surface area is 154 Å². The van der Waals surface area contributed by atoms with Crippen LogP contribution in [0.4, 0.5) is 0 Å². The largest absolute Gasteiger partial charge is 0.489 e. The number of pyridine rings is 1. The summed E-state index contributed by atoms with van der Waals surface area (Å²) in [5, 5.41) is 9.72. The van der Waals surface area contributed by atoms with Crippen LogP contribution in [0.25, 0.3) is 0 Å². The number of carbonyl (C=O) groups is 1. The van der Waals surface area contributed by atoms with Gasteiger partial charge in [0.25, 0.3) is 5.91 Å². The fraction of sp³-hybridized carbons (Fsp3) is 0.333. The molecular formula is C21H26N2O3. The number of aromatic nitrogens is 1. The van der Waals surface area contributed by atoms with Crippen molar-refractivity contribution < 1.29 is 14.6 Å². The molecule has 1 aromatic heterocycles. The van der Waals surface area contributed by atoms with Crippen molar-refractivity contribution in [1.29, 1.82) is 0 Å². The second kappa shape index (κ2) is 9.73. The standard InChI is InChI=1S/C21H26N2O3/c1-4-19(14-24)23(13-18-9-5-6-11-22-18)21(25)17-8-7-10-20(12-17)26-15-16(2)3/h5-12,19,24H,2,4,13-15H2,1,3H3/t19-/m0/s1. The molecule has 0 saturated carbocycles. The second-order valence-electron chi connectivity index (χ2n) is 6.27. The summed E-state index contributed by atoms with van der Waals surface area (Å²) in [5.74, 6) is 0.464. The van der Waals surface area contributed by atoms with E-state index in [1.807, 2.05) is 38.1 Å². The molecule has 0 saturated heterocycles. The van der Waals surface area contributed by atoms with Crippen LogP contribution < -0.4 is 4.74 Å². The molecule has 0 unspecified atom stereocenters. The van der Waals surface area contributed by atoms with Gasteiger partial charge in [0.05, 0.1) is 24.9 Å². The summed E-state index contributed by atoms with van der Waals surface area (Å²) in [7, 11) is 0. The number of nitrogens with zero attached hydrogens (tertiary/aromatic N) is 2. The highest BCUT2D eigenvalue weighted by Gasteiger charge is 2.24. The minimum atomic E-state index is -0.274. The van der Waals surface area contributed by atoms with Crippen LogP contribution in [0.5, 0.6) is 5.75 Å². The maximum absolute atomic E-state index is 13.1. The number of amides is 1. The van der Waals surface area contributed by atoms with Gasteiger partial charge in [-0.05, 0) is 49.2 Å². The van der Waals surface area contributed by atoms with Crippen LogP contribution in [0, 0.1) is 0 Å². The SMILES string of the molecule is C=C(C)COc1cccc(C(=O)N(Cc2ccccn2)[C@@H](CC)CO)c1. The maximum Gasteiger partial charge on any atom is 0.254 e. The molecule has 1 heterocycles. The molecule has 0 bridgehead atoms. The first-order valence-corrected chi connectivity index (χ1v) is 8.74. The van der Waals surface area contributed by atoms with Crippen molar-refractivity contribution in [3.8, 4) is 5.75 Å². The zero-order valence-electron chi connectivity index (χ0n) is 15.4. The zero-order valence-corrected chi connectivity index (χ0v) is 15.4. The molecule has 5 nitrogen and oxygen atoms in total. The van der Waals surface area contributed by atoms with E-state index in [2.05, 4.69) is 11.6 Å². The summed E-state index contributed by atoms with van der Waals surface area (Å²) in [6.07, 6.45) is 2.35. The van der Waals surface area contributed by atoms with Gasteiger partial charge >= 0.3 is 0 Å². The summed E-state index contributed by atoms with van der Waals surface area (Å²) in [6.45, 7) is 8.30. The van der Waals surface area contributed by atoms with Crippen LogP contribution in [0.3, 0.4) is 0 Å². The number of benzene rings is 1. The van der Waals surface area contributed by atoms with Gasteiger partial charge in [-0.3, -0.25) is 9.78 Å². The van der Waals surface area contributed by atoms with Gasteiger partial charge in [-0.1, -0.05) is 25.6 Å². The average molecular weight is 354 g/mol. The molecule has 1 aromatic carbocycles. The van der Waals surface area contributed by atoms with E-state index in [4.69, 9.17) is 4.74 Å². The van der Waals surface area contributed by atoms with Crippen LogP contribution in [0.2, 0.25) is 0 Å². The number of ether oxygens (including phenoxy) is 1. The lowest BCUT2D eigenvalue weighted by Gasteiger charge is -2.30. The Hall–Kier alpha value is -2.66. The van der Waals surface area contributed by atoms with E-state index in [0.29, 0.717) is 30.9 Å². The zero-order chi connectivity index (χ0) is 18.9. The molecular weight excluding hydrogens is 328 g/mol. The van der Waals surface area contributed by atoms with Crippen molar-refractivity contribution in [2.24, 2.45) is 0 Å². The molecule has 0 aliphatic carbocycles. The van der Waals surface area contributed by atoms with E-state index in [0.717, 1.165) is 11.3 Å². The minimum Gasteiger partial charge on any atom is -0.489 e. The van der Waals surface area contributed by atoms with E-state index in [9.17, 15) is 9.90 Å². The average Bonchev–Trinajstić information content (AvgIpc) is 2.67. The van der Waals surface area contributed by atoms with Gasteiger partial charge < -0.3 is 14.7 Å². The van der Waals surface area contributed by atoms with Gasteiger partial charge in [-0.25, -0.2) is 0 Å². The first-order chi connectivity index (χ1) is 12.5. The fourth-order valence-electron chi connectivity index (χ4n) is 2.57. The third kappa shape index (κ3) is 5.43. The molecule has 0 aliphatic heterocycles. The highest BCUT2D eigenvalue weighted by atomic mass is 16.5. The van der Waals surface area contributed by atoms with Crippen molar-refractivity contribution in [1.82, 2.24) is 9.88 Å². The van der Waals surface area contributed by atoms with E-state index in [1.165, 1.54) is 0 Å². The molecule has 138 valence electrons. The van der Waals surface area contributed by atoms with Crippen LogP contribution in [0.1, 0.15) is 36.3 Å². The Kier molecular flexibility index (Phi) is 7.36. The van der Waals surface area contributed by atoms with Gasteiger partial charge in [-0.15, -0.1) is 0 Å². The number of aliphatic hydroxyl groups excluding tert-OH is 1. The lowest BCUT2D eigenvalue weighted by molar-refractivity contribution is 0.0560. The molecule has 5 heteroatoms. The normalized spacial score (nSPS) is 11.7. The Bertz CT molecular complexity index is 727. The van der Waals surface area contributed by atoms with Crippen LogP contribution in [0.15, 0.2) is 60.8 Å². The molecule has 2 rings (SSSR count). The van der Waals surface area contributed by atoms with Crippen molar-refractivity contribution in [3.63, 3.8) is 0 Å². The third-order valence-corrected chi connectivity index (χ3v) is 4.01. The van der Waals surface area contributed by atoms with Crippen LogP contribution in [-0.2, 0) is 6.54 Å². The van der Waals surface area contributed by atoms with E-state index >= 15 is 0 Å². The molecule has 0 radical (unpaired) electrons. The Morgan fingerprint density at radius 3 is 2.73 bits per heavy atom. The molecule has 1 N–H and O–H groups in total. The second-order valence-corrected chi connectivity index (χ2v) is 6.27. The van der Waals surface area contributed by atoms with Gasteiger partial charge in [0.1, 0.15) is 12.4 Å². The first kappa shape index (κ1) is 19.7. The van der Waals surface area contributed by atoms with Crippen LogP contribution >= 0.6 is 0 Å². The predicted octanol–water partition coefficient (Wildman–Crippen LogP) is 3.45. The summed E-state index contributed by atoms with van der Waals surface area (Å²) in [6, 6.07) is 12.4. The maximum atomic E-state index is 13.1. The van der Waals surface area contributed by atoms with Gasteiger partial charge in [0.15, 0.2) is 0 Å². The fourth-order valence-corrected chi connectivity index (χ4v) is 2.57. The molecule has 26 heavy (non-hydrogen) atoms. The van der Waals surface area contributed by atoms with Crippen molar-refractivity contribution in [2.45, 2.75) is 32.9 Å². The molecule has 0 fully saturated rings. The van der Waals surface area contributed by atoms with Crippen molar-refractivity contribution in [3.05, 3.63) is 72.1 Å². The lowest BCUT2D eigenvalue weighted by Crippen LogP contribution is -2.41. The lowest BCUT2D eigenvalue weighted by atomic mass is 10.1. The summed E-state index contributed by atoms with van der Waals surface area (Å²) >= 11 is 0. The topological polar surface area (TPSA) is 62.7 Å². The number of hydrogen-bond donors (Lipinski definition) is 1. The van der Waals surface area contributed by atoms with Crippen LogP contribution in [-0.4, -0.2) is 40.2 Å². The molecule has 2 aromatic rings. The number of hydrogen-bond acceptors (Lipinski definition) is 4. The van der Waals surface area contributed by atoms with E-state index in [-0.39, 0.29) is 18.6 Å². The van der Waals surface area contributed by atoms with Gasteiger partial charge in [0.2, 0.25) is 0 Å². The van der Waals surface area contributed by atoms with Crippen molar-refractivity contribution in [2.75, 3.05) is 13.2 Å². The Morgan fingerprint density at radius 2 is 2.12 bits per heavy atom. The number of rotatable bonds is 9. The van der Waals surface area contributed by atoms with E-state index in [1.54, 1.807) is 29.3 Å². The molecule has 1 amide bonds. The summed E-state index contributed by atoms with van der Waals surface area (Å²) in [4.78, 5) is 19.1. The first-order valence-electron chi connectivity index (χ1n) is 8.74. The highest BCUT2D eigenvalue weighted by Crippen LogP contribution is 2.19. The van der Waals surface area contributed by atoms with Gasteiger partial charge in [-0.2, -0.15) is 0 Å².